The van der Waals surface area contributed by atoms with E-state index in [0.717, 1.165) is 25.7 Å². The van der Waals surface area contributed by atoms with E-state index >= 15 is 0 Å². The van der Waals surface area contributed by atoms with Crippen molar-refractivity contribution in [2.45, 2.75) is 37.8 Å². The summed E-state index contributed by atoms with van der Waals surface area (Å²) in [7, 11) is 0. The number of nitrogens with one attached hydrogen (secondary N) is 2. The first kappa shape index (κ1) is 18.7. The molecule has 0 atom stereocenters. The molecule has 3 aromatic rings. The number of nitrogens with two attached hydrogens (primary N) is 1. The topological polar surface area (TPSA) is 165 Å². The first-order valence-corrected chi connectivity index (χ1v) is 9.23. The Hall–Kier alpha value is -3.60. The Kier molecular flexibility index (Phi) is 5.04. The summed E-state index contributed by atoms with van der Waals surface area (Å²) in [6.45, 7) is 0. The van der Waals surface area contributed by atoms with Gasteiger partial charge in [0.1, 0.15) is 23.0 Å². The van der Waals surface area contributed by atoms with Crippen LogP contribution in [-0.2, 0) is 0 Å². The number of benzene rings is 1. The van der Waals surface area contributed by atoms with E-state index in [1.54, 1.807) is 12.3 Å². The number of hydrogen-bond acceptors (Lipinski definition) is 10. The smallest absolute Gasteiger partial charge is 0.294 e. The lowest BCUT2D eigenvalue weighted by Gasteiger charge is -2.26. The van der Waals surface area contributed by atoms with E-state index in [1.165, 1.54) is 18.5 Å². The number of aliphatic hydroxyl groups excluding tert-OH is 1. The summed E-state index contributed by atoms with van der Waals surface area (Å²) in [5.74, 6) is 0.846. The molecule has 11 nitrogen and oxygen atoms in total. The van der Waals surface area contributed by atoms with E-state index < -0.39 is 4.92 Å². The molecule has 1 aliphatic carbocycles. The van der Waals surface area contributed by atoms with Crippen molar-refractivity contribution in [3.8, 4) is 0 Å². The zero-order chi connectivity index (χ0) is 20.4. The number of fused-ring (bicyclic) bond motifs is 1. The highest BCUT2D eigenvalue weighted by atomic mass is 16.6. The molecular formula is C18H20N8O3. The number of aliphatic hydroxyl groups is 1. The van der Waals surface area contributed by atoms with Crippen LogP contribution in [0.3, 0.4) is 0 Å². The van der Waals surface area contributed by atoms with Crippen LogP contribution in [0.25, 0.3) is 11.0 Å². The lowest BCUT2D eigenvalue weighted by Crippen LogP contribution is -2.28. The van der Waals surface area contributed by atoms with Crippen LogP contribution < -0.4 is 16.4 Å². The van der Waals surface area contributed by atoms with Gasteiger partial charge in [0.2, 0.25) is 5.95 Å². The minimum Gasteiger partial charge on any atom is -0.393 e. The zero-order valence-electron chi connectivity index (χ0n) is 15.4. The summed E-state index contributed by atoms with van der Waals surface area (Å²) in [5, 5.41) is 27.1. The number of nitro benzene ring substituents is 1. The summed E-state index contributed by atoms with van der Waals surface area (Å²) in [5.41, 5.74) is 7.03. The van der Waals surface area contributed by atoms with Crippen LogP contribution in [0.2, 0.25) is 0 Å². The van der Waals surface area contributed by atoms with Crippen molar-refractivity contribution >= 4 is 39.9 Å². The lowest BCUT2D eigenvalue weighted by atomic mass is 9.93. The minimum atomic E-state index is -0.538. The summed E-state index contributed by atoms with van der Waals surface area (Å²) in [6.07, 6.45) is 5.91. The van der Waals surface area contributed by atoms with Crippen LogP contribution in [0.1, 0.15) is 25.7 Å². The fourth-order valence-electron chi connectivity index (χ4n) is 3.33. The Morgan fingerprint density at radius 3 is 2.72 bits per heavy atom. The molecule has 2 aromatic heterocycles. The number of hydrogen-bond donors (Lipinski definition) is 4. The van der Waals surface area contributed by atoms with Crippen LogP contribution in [0.4, 0.5) is 28.8 Å². The number of anilines is 4. The second-order valence-electron chi connectivity index (χ2n) is 6.96. The number of nitrogen functional groups attached to an aromatic ring is 1. The van der Waals surface area contributed by atoms with Gasteiger partial charge in [-0.3, -0.25) is 10.1 Å². The van der Waals surface area contributed by atoms with Gasteiger partial charge in [-0.05, 0) is 37.8 Å². The van der Waals surface area contributed by atoms with Gasteiger partial charge in [0.05, 0.1) is 17.2 Å². The van der Waals surface area contributed by atoms with Crippen molar-refractivity contribution < 1.29 is 10.0 Å². The van der Waals surface area contributed by atoms with Crippen LogP contribution in [0, 0.1) is 10.1 Å². The maximum atomic E-state index is 11.1. The van der Waals surface area contributed by atoms with Gasteiger partial charge in [-0.1, -0.05) is 0 Å². The van der Waals surface area contributed by atoms with Gasteiger partial charge >= 0.3 is 0 Å². The second kappa shape index (κ2) is 7.80. The molecule has 0 unspecified atom stereocenters. The highest BCUT2D eigenvalue weighted by Gasteiger charge is 2.20. The Labute approximate surface area is 165 Å². The van der Waals surface area contributed by atoms with Crippen molar-refractivity contribution in [1.29, 1.82) is 0 Å². The molecule has 1 fully saturated rings. The van der Waals surface area contributed by atoms with Gasteiger partial charge in [0.15, 0.2) is 5.82 Å². The first-order valence-electron chi connectivity index (χ1n) is 9.23. The van der Waals surface area contributed by atoms with Gasteiger partial charge in [-0.15, -0.1) is 0 Å². The predicted octanol–water partition coefficient (Wildman–Crippen LogP) is 2.37. The third kappa shape index (κ3) is 4.14. The maximum Gasteiger partial charge on any atom is 0.294 e. The summed E-state index contributed by atoms with van der Waals surface area (Å²) in [6, 6.07) is 4.63. The molecule has 0 amide bonds. The Morgan fingerprint density at radius 2 is 1.97 bits per heavy atom. The summed E-state index contributed by atoms with van der Waals surface area (Å²) in [4.78, 5) is 27.8. The van der Waals surface area contributed by atoms with E-state index in [0.29, 0.717) is 28.5 Å². The van der Waals surface area contributed by atoms with E-state index in [2.05, 4.69) is 30.6 Å². The molecule has 1 saturated carbocycles. The molecule has 11 heteroatoms. The SMILES string of the molecule is Nc1ccc(Nc2ncnc3cnc(N[C@H]4CC[C@H](O)CC4)nc23)cc1[N+](=O)[O-]. The zero-order valence-corrected chi connectivity index (χ0v) is 15.4. The standard InChI is InChI=1S/C18H20N8O3/c19-13-6-3-11(7-15(13)26(28)29)23-17-16-14(21-9-22-17)8-20-18(25-16)24-10-1-4-12(27)5-2-10/h3,6-10,12,27H,1-2,4-5,19H2,(H,20,24,25)(H,21,22,23)/t10-,12-. The molecule has 4 rings (SSSR count). The van der Waals surface area contributed by atoms with E-state index in [9.17, 15) is 15.2 Å². The molecular weight excluding hydrogens is 376 g/mol. The van der Waals surface area contributed by atoms with Crippen LogP contribution in [0.5, 0.6) is 0 Å². The molecule has 1 aromatic carbocycles. The minimum absolute atomic E-state index is 0.0829. The average Bonchev–Trinajstić information content (AvgIpc) is 2.71. The van der Waals surface area contributed by atoms with Crippen molar-refractivity contribution in [2.24, 2.45) is 0 Å². The van der Waals surface area contributed by atoms with Gasteiger partial charge in [-0.25, -0.2) is 19.9 Å². The van der Waals surface area contributed by atoms with Gasteiger partial charge in [0.25, 0.3) is 5.69 Å². The average molecular weight is 396 g/mol. The van der Waals surface area contributed by atoms with Crippen molar-refractivity contribution in [1.82, 2.24) is 19.9 Å². The van der Waals surface area contributed by atoms with Gasteiger partial charge < -0.3 is 21.5 Å². The highest BCUT2D eigenvalue weighted by Crippen LogP contribution is 2.28. The summed E-state index contributed by atoms with van der Waals surface area (Å²) < 4.78 is 0. The Balaban J connectivity index is 1.61. The van der Waals surface area contributed by atoms with E-state index in [1.807, 2.05) is 0 Å². The molecule has 29 heavy (non-hydrogen) atoms. The second-order valence-corrected chi connectivity index (χ2v) is 6.96. The number of nitrogens with zero attached hydrogens (tertiary/aromatic N) is 5. The molecule has 0 spiro atoms. The fourth-order valence-corrected chi connectivity index (χ4v) is 3.33. The lowest BCUT2D eigenvalue weighted by molar-refractivity contribution is -0.383. The maximum absolute atomic E-state index is 11.1. The Morgan fingerprint density at radius 1 is 1.17 bits per heavy atom. The first-order chi connectivity index (χ1) is 14.0. The molecule has 0 saturated heterocycles. The third-order valence-electron chi connectivity index (χ3n) is 4.90. The van der Waals surface area contributed by atoms with Crippen molar-refractivity contribution in [3.63, 3.8) is 0 Å². The monoisotopic (exact) mass is 396 g/mol. The van der Waals surface area contributed by atoms with Crippen LogP contribution in [0.15, 0.2) is 30.7 Å². The number of rotatable bonds is 5. The van der Waals surface area contributed by atoms with Crippen molar-refractivity contribution in [2.75, 3.05) is 16.4 Å². The molecule has 150 valence electrons. The van der Waals surface area contributed by atoms with Crippen LogP contribution in [-0.4, -0.2) is 42.1 Å². The molecule has 2 heterocycles. The molecule has 1 aliphatic rings. The molecule has 0 aliphatic heterocycles. The molecule has 0 radical (unpaired) electrons. The largest absolute Gasteiger partial charge is 0.393 e. The predicted molar refractivity (Wildman–Crippen MR) is 108 cm³/mol. The quantitative estimate of drug-likeness (QED) is 0.286. The highest BCUT2D eigenvalue weighted by molar-refractivity contribution is 5.87. The number of nitro groups is 1. The molecule has 5 N–H and O–H groups in total. The normalized spacial score (nSPS) is 19.1. The molecule has 0 bridgehead atoms. The van der Waals surface area contributed by atoms with Gasteiger partial charge in [0, 0.05) is 17.8 Å². The summed E-state index contributed by atoms with van der Waals surface area (Å²) >= 11 is 0. The van der Waals surface area contributed by atoms with Crippen molar-refractivity contribution in [3.05, 3.63) is 40.8 Å². The van der Waals surface area contributed by atoms with E-state index in [-0.39, 0.29) is 23.5 Å². The van der Waals surface area contributed by atoms with E-state index in [4.69, 9.17) is 5.73 Å². The third-order valence-corrected chi connectivity index (χ3v) is 4.90. The fraction of sp³-hybridized carbons (Fsp3) is 0.333. The van der Waals surface area contributed by atoms with Crippen LogP contribution >= 0.6 is 0 Å². The van der Waals surface area contributed by atoms with Gasteiger partial charge in [-0.2, -0.15) is 0 Å². The Bertz CT molecular complexity index is 1050. The number of aromatic nitrogens is 4.